The van der Waals surface area contributed by atoms with Gasteiger partial charge in [0.25, 0.3) is 0 Å². The summed E-state index contributed by atoms with van der Waals surface area (Å²) < 4.78 is 14.5. The molecule has 3 aromatic carbocycles. The van der Waals surface area contributed by atoms with Gasteiger partial charge in [-0.1, -0.05) is 208 Å². The molecule has 0 heterocycles. The topological polar surface area (TPSA) is 168 Å². The summed E-state index contributed by atoms with van der Waals surface area (Å²) in [5, 5.41) is 22.3. The molecule has 11 heteroatoms. The van der Waals surface area contributed by atoms with E-state index in [9.17, 15) is 20.0 Å². The molecule has 2 unspecified atom stereocenters. The molecule has 3 aromatic rings. The average Bonchev–Trinajstić information content (AvgIpc) is 3.15. The number of hydrogen-bond donors (Lipinski definition) is 7. The fourth-order valence-electron chi connectivity index (χ4n) is 9.32. The van der Waals surface area contributed by atoms with Gasteiger partial charge in [-0.2, -0.15) is 0 Å². The lowest BCUT2D eigenvalue weighted by molar-refractivity contribution is -0.0319. The highest BCUT2D eigenvalue weighted by Gasteiger charge is 2.42. The Hall–Kier alpha value is -2.00. The second-order valence-corrected chi connectivity index (χ2v) is 29.0. The van der Waals surface area contributed by atoms with Crippen molar-refractivity contribution in [2.75, 3.05) is 13.2 Å². The van der Waals surface area contributed by atoms with Crippen molar-refractivity contribution in [1.82, 2.24) is 0 Å². The van der Waals surface area contributed by atoms with Gasteiger partial charge < -0.3 is 39.2 Å². The number of rotatable bonds is 12. The number of benzene rings is 3. The van der Waals surface area contributed by atoms with E-state index in [1.807, 2.05) is 0 Å². The normalized spacial score (nSPS) is 14.8. The highest BCUT2D eigenvalue weighted by molar-refractivity contribution is 7.45. The number of aryl methyl sites for hydroxylation is 2. The molecule has 9 nitrogen and oxygen atoms in total. The number of phosphoric acid groups is 1. The minimum Gasteiger partial charge on any atom is -0.396 e. The van der Waals surface area contributed by atoms with Gasteiger partial charge in [0, 0.05) is 11.3 Å². The summed E-state index contributed by atoms with van der Waals surface area (Å²) in [6, 6.07) is 14.0. The maximum Gasteiger partial charge on any atom is 0.466 e. The van der Waals surface area contributed by atoms with Crippen LogP contribution in [0.3, 0.4) is 0 Å². The first-order chi connectivity index (χ1) is 31.1. The van der Waals surface area contributed by atoms with E-state index in [0.717, 1.165) is 31.2 Å². The van der Waals surface area contributed by atoms with E-state index >= 15 is 0 Å². The average molecular weight is 1020 g/mol. The van der Waals surface area contributed by atoms with Crippen molar-refractivity contribution in [1.29, 1.82) is 0 Å². The summed E-state index contributed by atoms with van der Waals surface area (Å²) >= 11 is 0. The van der Waals surface area contributed by atoms with Crippen molar-refractivity contribution in [3.05, 3.63) is 103 Å². The Morgan fingerprint density at radius 1 is 0.529 bits per heavy atom. The first kappa shape index (κ1) is 66.0. The van der Waals surface area contributed by atoms with Crippen LogP contribution >= 0.6 is 16.4 Å². The molecule has 7 N–H and O–H groups in total. The number of unbranched alkanes of at least 4 members (excludes halogenated alkanes) is 1. The molecule has 0 aliphatic heterocycles. The quantitative estimate of drug-likeness (QED) is 0.0874. The summed E-state index contributed by atoms with van der Waals surface area (Å²) in [6.07, 6.45) is 3.00. The van der Waals surface area contributed by atoms with Crippen LogP contribution in [-0.4, -0.2) is 47.9 Å². The molecule has 0 bridgehead atoms. The van der Waals surface area contributed by atoms with E-state index in [1.54, 1.807) is 0 Å². The van der Waals surface area contributed by atoms with E-state index in [-0.39, 0.29) is 57.0 Å². The van der Waals surface area contributed by atoms with E-state index in [1.165, 1.54) is 61.2 Å². The van der Waals surface area contributed by atoms with E-state index in [2.05, 4.69) is 209 Å². The monoisotopic (exact) mass is 1020 g/mol. The van der Waals surface area contributed by atoms with Gasteiger partial charge in [-0.15, -0.1) is 0 Å². The lowest BCUT2D eigenvalue weighted by Gasteiger charge is -2.42. The minimum atomic E-state index is -4.64. The van der Waals surface area contributed by atoms with Crippen molar-refractivity contribution >= 4 is 16.4 Å². The van der Waals surface area contributed by atoms with Gasteiger partial charge in [-0.05, 0) is 131 Å². The minimum absolute atomic E-state index is 0.0128. The fraction of sp³-hybridized carbons (Fsp3) is 0.695. The maximum atomic E-state index is 11.9. The predicted octanol–water partition coefficient (Wildman–Crippen LogP) is 15.1. The Bertz CT molecular complexity index is 2080. The van der Waals surface area contributed by atoms with Crippen molar-refractivity contribution in [3.63, 3.8) is 0 Å². The SMILES string of the molecule is CCCCC(CC)(CO)C(O)c1c(C(C)(C)C)cc(C(C)(C)C)cc1C(C)(C)C.Cc1cc(C(C)(C)C)cc(C(C)(C)C)c1C(COP(O)O)c1c(C)cc(C(C)(C)C)cc1C(C)(C)C.O=P(O)(O)O. The predicted molar refractivity (Wildman–Crippen MR) is 297 cm³/mol. The van der Waals surface area contributed by atoms with E-state index in [4.69, 9.17) is 23.8 Å². The zero-order valence-corrected chi connectivity index (χ0v) is 50.5. The van der Waals surface area contributed by atoms with Crippen LogP contribution in [0.5, 0.6) is 0 Å². The molecule has 0 aliphatic rings. The molecular weight excluding hydrogens is 915 g/mol. The molecule has 0 aliphatic carbocycles. The van der Waals surface area contributed by atoms with Crippen LogP contribution in [0, 0.1) is 19.3 Å². The maximum absolute atomic E-state index is 11.9. The molecule has 0 aromatic heterocycles. The van der Waals surface area contributed by atoms with Crippen LogP contribution in [0.25, 0.3) is 0 Å². The molecular formula is C59H102O9P2. The number of aliphatic hydroxyl groups excluding tert-OH is 2. The summed E-state index contributed by atoms with van der Waals surface area (Å²) in [5.74, 6) is -0.124. The summed E-state index contributed by atoms with van der Waals surface area (Å²) in [6.45, 7) is 56.2. The second-order valence-electron chi connectivity index (χ2n) is 27.2. The molecule has 0 saturated heterocycles. The first-order valence-corrected chi connectivity index (χ1v) is 28.2. The highest BCUT2D eigenvalue weighted by atomic mass is 31.2. The van der Waals surface area contributed by atoms with Gasteiger partial charge in [0.1, 0.15) is 0 Å². The Morgan fingerprint density at radius 3 is 1.04 bits per heavy atom. The molecule has 0 radical (unpaired) electrons. The van der Waals surface area contributed by atoms with Crippen LogP contribution in [0.1, 0.15) is 264 Å². The van der Waals surface area contributed by atoms with Crippen LogP contribution in [0.15, 0.2) is 36.4 Å². The molecule has 0 saturated carbocycles. The molecule has 0 fully saturated rings. The van der Waals surface area contributed by atoms with Crippen molar-refractivity contribution in [2.45, 2.75) is 249 Å². The van der Waals surface area contributed by atoms with Crippen molar-refractivity contribution < 1.29 is 43.8 Å². The molecule has 0 spiro atoms. The van der Waals surface area contributed by atoms with Gasteiger partial charge >= 0.3 is 16.4 Å². The standard InChI is InChI=1S/C32H51O3P.C27H48O2.H3O4P/c1-20-15-22(29(3,4)5)17-25(31(9,10)11)27(20)24(19-35-36(33)34)28-21(2)16-23(30(6,7)8)18-26(28)32(12,13)14;1-12-14-15-27(13-2,18-28)23(29)22-20(25(6,7)8)16-19(24(3,4)5)17-21(22)26(9,10)11;1-5(2,3)4/h15-18,24,33-34H,19H2,1-14H3;16-17,23,28-29H,12-15,18H2,1-11H3;(H3,1,2,3,4). The van der Waals surface area contributed by atoms with E-state index < -0.39 is 27.9 Å². The Kier molecular flexibility index (Phi) is 22.7. The zero-order valence-electron chi connectivity index (χ0n) is 48.7. The Labute approximate surface area is 429 Å². The molecule has 402 valence electrons. The van der Waals surface area contributed by atoms with Crippen molar-refractivity contribution in [3.8, 4) is 0 Å². The fourth-order valence-corrected chi connectivity index (χ4v) is 9.60. The smallest absolute Gasteiger partial charge is 0.396 e. The van der Waals surface area contributed by atoms with Gasteiger partial charge in [0.2, 0.25) is 0 Å². The van der Waals surface area contributed by atoms with Gasteiger partial charge in [0.05, 0.1) is 19.3 Å². The number of hydrogen-bond acceptors (Lipinski definition) is 6. The largest absolute Gasteiger partial charge is 0.466 e. The summed E-state index contributed by atoms with van der Waals surface area (Å²) in [7, 11) is -7.10. The number of aliphatic hydroxyl groups is 2. The molecule has 2 atom stereocenters. The molecule has 3 rings (SSSR count). The third-order valence-corrected chi connectivity index (χ3v) is 14.1. The summed E-state index contributed by atoms with van der Waals surface area (Å²) in [5.41, 5.74) is 14.1. The summed E-state index contributed by atoms with van der Waals surface area (Å²) in [4.78, 5) is 41.1. The molecule has 0 amide bonds. The highest BCUT2D eigenvalue weighted by Crippen LogP contribution is 2.50. The van der Waals surface area contributed by atoms with Crippen LogP contribution in [-0.2, 0) is 47.0 Å². The Balaban J connectivity index is 0.000000650. The molecule has 70 heavy (non-hydrogen) atoms. The Morgan fingerprint density at radius 2 is 0.814 bits per heavy atom. The van der Waals surface area contributed by atoms with Crippen LogP contribution in [0.2, 0.25) is 0 Å². The van der Waals surface area contributed by atoms with Crippen molar-refractivity contribution in [2.24, 2.45) is 5.41 Å². The van der Waals surface area contributed by atoms with Gasteiger partial charge in [0.15, 0.2) is 0 Å². The van der Waals surface area contributed by atoms with E-state index in [0.29, 0.717) is 0 Å². The van der Waals surface area contributed by atoms with Crippen LogP contribution < -0.4 is 0 Å². The van der Waals surface area contributed by atoms with Gasteiger partial charge in [-0.25, -0.2) is 4.57 Å². The zero-order chi connectivity index (χ0) is 55.4. The first-order valence-electron chi connectivity index (χ1n) is 25.5. The van der Waals surface area contributed by atoms with Crippen LogP contribution in [0.4, 0.5) is 0 Å². The third kappa shape index (κ3) is 18.7. The second kappa shape index (κ2) is 24.1. The van der Waals surface area contributed by atoms with Gasteiger partial charge in [-0.3, -0.25) is 0 Å². The lowest BCUT2D eigenvalue weighted by atomic mass is 9.65. The lowest BCUT2D eigenvalue weighted by Crippen LogP contribution is -2.36. The third-order valence-electron chi connectivity index (χ3n) is 13.7.